The number of rotatable bonds is 3. The van der Waals surface area contributed by atoms with Crippen LogP contribution in [0.15, 0.2) is 21.7 Å². The third-order valence-corrected chi connectivity index (χ3v) is 5.53. The Labute approximate surface area is 108 Å². The molecule has 0 spiro atoms. The van der Waals surface area contributed by atoms with Gasteiger partial charge in [-0.15, -0.1) is 11.3 Å². The summed E-state index contributed by atoms with van der Waals surface area (Å²) in [5.74, 6) is 0.394. The summed E-state index contributed by atoms with van der Waals surface area (Å²) >= 11 is 1.19. The van der Waals surface area contributed by atoms with Crippen molar-refractivity contribution in [3.63, 3.8) is 0 Å². The number of sulfonamides is 1. The average Bonchev–Trinajstić information content (AvgIpc) is 2.99. The molecule has 0 amide bonds. The van der Waals surface area contributed by atoms with E-state index in [1.54, 1.807) is 17.5 Å². The molecule has 0 bridgehead atoms. The second-order valence-corrected chi connectivity index (χ2v) is 6.85. The number of H-pyrrole nitrogens is 1. The number of nitrogens with zero attached hydrogens (tertiary/aromatic N) is 1. The molecule has 3 N–H and O–H groups in total. The highest BCUT2D eigenvalue weighted by molar-refractivity contribution is 7.94. The summed E-state index contributed by atoms with van der Waals surface area (Å²) in [5.41, 5.74) is 1.90. The Morgan fingerprint density at radius 3 is 3.11 bits per heavy atom. The van der Waals surface area contributed by atoms with Gasteiger partial charge < -0.3 is 5.32 Å². The van der Waals surface area contributed by atoms with Crippen molar-refractivity contribution in [1.82, 2.24) is 15.5 Å². The van der Waals surface area contributed by atoms with Crippen LogP contribution in [0.5, 0.6) is 0 Å². The van der Waals surface area contributed by atoms with Crippen LogP contribution in [0.2, 0.25) is 0 Å². The van der Waals surface area contributed by atoms with Crippen molar-refractivity contribution in [2.75, 3.05) is 11.3 Å². The van der Waals surface area contributed by atoms with Crippen molar-refractivity contribution in [3.8, 4) is 0 Å². The van der Waals surface area contributed by atoms with Crippen molar-refractivity contribution in [2.24, 2.45) is 0 Å². The molecule has 3 rings (SSSR count). The van der Waals surface area contributed by atoms with Crippen molar-refractivity contribution < 1.29 is 8.42 Å². The van der Waals surface area contributed by atoms with E-state index in [0.717, 1.165) is 24.2 Å². The molecule has 0 aromatic carbocycles. The molecule has 0 unspecified atom stereocenters. The maximum absolute atomic E-state index is 12.1. The number of nitrogens with one attached hydrogen (secondary N) is 3. The van der Waals surface area contributed by atoms with Gasteiger partial charge in [0.15, 0.2) is 5.82 Å². The van der Waals surface area contributed by atoms with E-state index < -0.39 is 10.0 Å². The minimum Gasteiger partial charge on any atom is -0.312 e. The number of thiophene rings is 1. The van der Waals surface area contributed by atoms with E-state index in [1.165, 1.54) is 11.3 Å². The first-order chi connectivity index (χ1) is 8.67. The fourth-order valence-corrected chi connectivity index (χ4v) is 3.93. The third kappa shape index (κ3) is 2.02. The minimum atomic E-state index is -3.52. The zero-order valence-electron chi connectivity index (χ0n) is 9.43. The van der Waals surface area contributed by atoms with Crippen LogP contribution in [0.4, 0.5) is 5.82 Å². The first kappa shape index (κ1) is 11.7. The molecule has 1 aliphatic heterocycles. The highest BCUT2D eigenvalue weighted by Gasteiger charge is 2.22. The number of aromatic amines is 1. The highest BCUT2D eigenvalue weighted by Crippen LogP contribution is 2.24. The Balaban J connectivity index is 1.91. The van der Waals surface area contributed by atoms with Gasteiger partial charge in [0.05, 0.1) is 0 Å². The monoisotopic (exact) mass is 284 g/mol. The number of aromatic nitrogens is 2. The standard InChI is InChI=1S/C10H12N4O2S2/c15-18(16,9-2-1-5-17-9)14-10-7-6-11-4-3-8(7)12-13-10/h1-2,5,11H,3-4,6H2,(H2,12,13,14). The van der Waals surface area contributed by atoms with Crippen LogP contribution in [0.25, 0.3) is 0 Å². The Hall–Kier alpha value is -1.38. The number of hydrogen-bond acceptors (Lipinski definition) is 5. The van der Waals surface area contributed by atoms with Crippen molar-refractivity contribution in [2.45, 2.75) is 17.2 Å². The fourth-order valence-electron chi connectivity index (χ4n) is 1.90. The smallest absolute Gasteiger partial charge is 0.272 e. The molecule has 0 saturated carbocycles. The lowest BCUT2D eigenvalue weighted by molar-refractivity contribution is 0.602. The average molecular weight is 284 g/mol. The van der Waals surface area contributed by atoms with Crippen LogP contribution < -0.4 is 10.0 Å². The molecular weight excluding hydrogens is 272 g/mol. The van der Waals surface area contributed by atoms with E-state index in [2.05, 4.69) is 20.2 Å². The van der Waals surface area contributed by atoms with Gasteiger partial charge in [0.1, 0.15) is 4.21 Å². The van der Waals surface area contributed by atoms with Gasteiger partial charge in [0.25, 0.3) is 10.0 Å². The van der Waals surface area contributed by atoms with E-state index in [-0.39, 0.29) is 0 Å². The molecule has 0 aliphatic carbocycles. The number of hydrogen-bond donors (Lipinski definition) is 3. The maximum Gasteiger partial charge on any atom is 0.272 e. The first-order valence-electron chi connectivity index (χ1n) is 5.50. The van der Waals surface area contributed by atoms with Crippen LogP contribution >= 0.6 is 11.3 Å². The molecule has 2 aromatic heterocycles. The number of anilines is 1. The second-order valence-electron chi connectivity index (χ2n) is 3.99. The van der Waals surface area contributed by atoms with E-state index in [4.69, 9.17) is 0 Å². The molecule has 6 nitrogen and oxygen atoms in total. The van der Waals surface area contributed by atoms with Crippen LogP contribution in [0.3, 0.4) is 0 Å². The van der Waals surface area contributed by atoms with Crippen LogP contribution in [-0.4, -0.2) is 25.2 Å². The lowest BCUT2D eigenvalue weighted by Crippen LogP contribution is -2.24. The fraction of sp³-hybridized carbons (Fsp3) is 0.300. The lowest BCUT2D eigenvalue weighted by Gasteiger charge is -2.13. The van der Waals surface area contributed by atoms with Gasteiger partial charge >= 0.3 is 0 Å². The first-order valence-corrected chi connectivity index (χ1v) is 7.86. The Morgan fingerprint density at radius 1 is 1.44 bits per heavy atom. The van der Waals surface area contributed by atoms with Gasteiger partial charge in [0.2, 0.25) is 0 Å². The molecule has 18 heavy (non-hydrogen) atoms. The molecule has 1 aliphatic rings. The zero-order valence-corrected chi connectivity index (χ0v) is 11.1. The predicted molar refractivity (Wildman–Crippen MR) is 69.1 cm³/mol. The normalized spacial score (nSPS) is 15.3. The summed E-state index contributed by atoms with van der Waals surface area (Å²) in [6.07, 6.45) is 0.836. The molecule has 96 valence electrons. The second kappa shape index (κ2) is 4.38. The molecule has 0 radical (unpaired) electrons. The largest absolute Gasteiger partial charge is 0.312 e. The topological polar surface area (TPSA) is 86.9 Å². The minimum absolute atomic E-state index is 0.294. The summed E-state index contributed by atoms with van der Waals surface area (Å²) in [6.45, 7) is 1.51. The summed E-state index contributed by atoms with van der Waals surface area (Å²) in [4.78, 5) is 0. The van der Waals surface area contributed by atoms with E-state index >= 15 is 0 Å². The van der Waals surface area contributed by atoms with Gasteiger partial charge in [0, 0.05) is 30.8 Å². The number of fused-ring (bicyclic) bond motifs is 1. The van der Waals surface area contributed by atoms with Crippen LogP contribution in [-0.2, 0) is 23.0 Å². The van der Waals surface area contributed by atoms with E-state index in [9.17, 15) is 8.42 Å². The van der Waals surface area contributed by atoms with Gasteiger partial charge in [-0.05, 0) is 11.4 Å². The summed E-state index contributed by atoms with van der Waals surface area (Å²) in [5, 5.41) is 11.9. The Kier molecular flexibility index (Phi) is 2.84. The van der Waals surface area contributed by atoms with Gasteiger partial charge in [-0.3, -0.25) is 9.82 Å². The summed E-state index contributed by atoms with van der Waals surface area (Å²) in [7, 11) is -3.52. The summed E-state index contributed by atoms with van der Waals surface area (Å²) in [6, 6.07) is 3.28. The summed E-state index contributed by atoms with van der Waals surface area (Å²) < 4.78 is 27.0. The van der Waals surface area contributed by atoms with Crippen molar-refractivity contribution >= 4 is 27.2 Å². The van der Waals surface area contributed by atoms with Crippen LogP contribution in [0, 0.1) is 0 Å². The Bertz CT molecular complexity index is 645. The van der Waals surface area contributed by atoms with E-state index in [0.29, 0.717) is 16.6 Å². The van der Waals surface area contributed by atoms with Crippen molar-refractivity contribution in [1.29, 1.82) is 0 Å². The third-order valence-electron chi connectivity index (χ3n) is 2.80. The zero-order chi connectivity index (χ0) is 12.6. The van der Waals surface area contributed by atoms with Gasteiger partial charge in [-0.2, -0.15) is 5.10 Å². The molecule has 0 atom stereocenters. The molecule has 2 aromatic rings. The quantitative estimate of drug-likeness (QED) is 0.782. The molecule has 3 heterocycles. The van der Waals surface area contributed by atoms with Crippen LogP contribution in [0.1, 0.15) is 11.3 Å². The maximum atomic E-state index is 12.1. The molecule has 0 saturated heterocycles. The Morgan fingerprint density at radius 2 is 2.33 bits per heavy atom. The lowest BCUT2D eigenvalue weighted by atomic mass is 10.1. The predicted octanol–water partition coefficient (Wildman–Crippen LogP) is 0.918. The van der Waals surface area contributed by atoms with Gasteiger partial charge in [-0.1, -0.05) is 6.07 Å². The molecule has 8 heteroatoms. The molecule has 0 fully saturated rings. The highest BCUT2D eigenvalue weighted by atomic mass is 32.2. The van der Waals surface area contributed by atoms with Crippen molar-refractivity contribution in [3.05, 3.63) is 28.8 Å². The van der Waals surface area contributed by atoms with E-state index in [1.807, 2.05) is 0 Å². The van der Waals surface area contributed by atoms with Gasteiger partial charge in [-0.25, -0.2) is 8.42 Å². The molecular formula is C10H12N4O2S2. The SMILES string of the molecule is O=S(=O)(Nc1n[nH]c2c1CNCC2)c1cccs1.